The summed E-state index contributed by atoms with van der Waals surface area (Å²) in [6, 6.07) is 6.38. The number of H-pyrrole nitrogens is 1. The van der Waals surface area contributed by atoms with Gasteiger partial charge in [-0.2, -0.15) is 5.10 Å². The second-order valence-corrected chi connectivity index (χ2v) is 3.70. The predicted octanol–water partition coefficient (Wildman–Crippen LogP) is 2.89. The third-order valence-corrected chi connectivity index (χ3v) is 2.75. The molecule has 84 valence electrons. The summed E-state index contributed by atoms with van der Waals surface area (Å²) < 4.78 is 18.3. The van der Waals surface area contributed by atoms with Crippen LogP contribution in [-0.4, -0.2) is 17.3 Å². The SMILES string of the molecule is COc1ccc(C(Cl)c2ccn[nH]2)cc1F. The van der Waals surface area contributed by atoms with Gasteiger partial charge in [0.2, 0.25) is 0 Å². The molecule has 0 amide bonds. The van der Waals surface area contributed by atoms with E-state index in [1.165, 1.54) is 13.2 Å². The van der Waals surface area contributed by atoms with Gasteiger partial charge in [0.1, 0.15) is 5.38 Å². The van der Waals surface area contributed by atoms with Crippen LogP contribution in [0.4, 0.5) is 4.39 Å². The van der Waals surface area contributed by atoms with Gasteiger partial charge in [-0.05, 0) is 23.8 Å². The number of hydrogen-bond donors (Lipinski definition) is 1. The van der Waals surface area contributed by atoms with E-state index in [0.29, 0.717) is 5.56 Å². The maximum Gasteiger partial charge on any atom is 0.165 e. The molecule has 0 saturated carbocycles. The number of hydrogen-bond acceptors (Lipinski definition) is 2. The second-order valence-electron chi connectivity index (χ2n) is 3.27. The lowest BCUT2D eigenvalue weighted by atomic mass is 10.1. The molecule has 0 aliphatic rings. The van der Waals surface area contributed by atoms with E-state index in [9.17, 15) is 4.39 Å². The molecule has 1 atom stereocenters. The average molecular weight is 241 g/mol. The van der Waals surface area contributed by atoms with Crippen LogP contribution in [0.15, 0.2) is 30.5 Å². The van der Waals surface area contributed by atoms with Gasteiger partial charge in [-0.25, -0.2) is 4.39 Å². The number of nitrogens with zero attached hydrogens (tertiary/aromatic N) is 1. The lowest BCUT2D eigenvalue weighted by molar-refractivity contribution is 0.386. The van der Waals surface area contributed by atoms with Crippen LogP contribution in [0.3, 0.4) is 0 Å². The van der Waals surface area contributed by atoms with Gasteiger partial charge in [0.05, 0.1) is 12.8 Å². The molecule has 0 spiro atoms. The lowest BCUT2D eigenvalue weighted by Crippen LogP contribution is -1.96. The first kappa shape index (κ1) is 11.0. The van der Waals surface area contributed by atoms with Gasteiger partial charge in [-0.15, -0.1) is 11.6 Å². The van der Waals surface area contributed by atoms with E-state index >= 15 is 0 Å². The van der Waals surface area contributed by atoms with Gasteiger partial charge in [0.15, 0.2) is 11.6 Å². The van der Waals surface area contributed by atoms with E-state index in [1.807, 2.05) is 0 Å². The summed E-state index contributed by atoms with van der Waals surface area (Å²) in [7, 11) is 1.42. The molecule has 1 N–H and O–H groups in total. The lowest BCUT2D eigenvalue weighted by Gasteiger charge is -2.09. The van der Waals surface area contributed by atoms with Crippen molar-refractivity contribution < 1.29 is 9.13 Å². The Morgan fingerprint density at radius 2 is 2.25 bits per heavy atom. The van der Waals surface area contributed by atoms with Crippen LogP contribution < -0.4 is 4.74 Å². The summed E-state index contributed by atoms with van der Waals surface area (Å²) in [5.41, 5.74) is 1.38. The maximum absolute atomic E-state index is 13.4. The molecule has 2 aromatic rings. The van der Waals surface area contributed by atoms with E-state index in [2.05, 4.69) is 10.2 Å². The van der Waals surface area contributed by atoms with Crippen molar-refractivity contribution in [1.82, 2.24) is 10.2 Å². The first-order chi connectivity index (χ1) is 7.72. The third kappa shape index (κ3) is 2.02. The summed E-state index contributed by atoms with van der Waals surface area (Å²) in [5.74, 6) is -0.220. The predicted molar refractivity (Wildman–Crippen MR) is 59.2 cm³/mol. The Kier molecular flexibility index (Phi) is 3.10. The van der Waals surface area contributed by atoms with Crippen LogP contribution in [-0.2, 0) is 0 Å². The summed E-state index contributed by atoms with van der Waals surface area (Å²) in [5, 5.41) is 6.10. The van der Waals surface area contributed by atoms with Crippen LogP contribution in [0, 0.1) is 5.82 Å². The Labute approximate surface area is 97.2 Å². The first-order valence-electron chi connectivity index (χ1n) is 4.69. The first-order valence-corrected chi connectivity index (χ1v) is 5.13. The van der Waals surface area contributed by atoms with E-state index < -0.39 is 11.2 Å². The van der Waals surface area contributed by atoms with Gasteiger partial charge in [0.25, 0.3) is 0 Å². The molecule has 1 aromatic heterocycles. The van der Waals surface area contributed by atoms with Crippen molar-refractivity contribution in [2.75, 3.05) is 7.11 Å². The van der Waals surface area contributed by atoms with Crippen molar-refractivity contribution in [2.45, 2.75) is 5.38 Å². The highest BCUT2D eigenvalue weighted by molar-refractivity contribution is 6.22. The van der Waals surface area contributed by atoms with E-state index in [1.54, 1.807) is 24.4 Å². The van der Waals surface area contributed by atoms with Crippen molar-refractivity contribution in [2.24, 2.45) is 0 Å². The number of aromatic amines is 1. The van der Waals surface area contributed by atoms with E-state index in [0.717, 1.165) is 5.69 Å². The monoisotopic (exact) mass is 240 g/mol. The quantitative estimate of drug-likeness (QED) is 0.838. The summed E-state index contributed by atoms with van der Waals surface area (Å²) in [6.45, 7) is 0. The largest absolute Gasteiger partial charge is 0.494 e. The van der Waals surface area contributed by atoms with Crippen LogP contribution >= 0.6 is 11.6 Å². The minimum absolute atomic E-state index is 0.206. The number of benzene rings is 1. The van der Waals surface area contributed by atoms with Crippen molar-refractivity contribution in [3.8, 4) is 5.75 Å². The molecule has 16 heavy (non-hydrogen) atoms. The number of nitrogens with one attached hydrogen (secondary N) is 1. The summed E-state index contributed by atoms with van der Waals surface area (Å²) in [6.07, 6.45) is 1.60. The fraction of sp³-hybridized carbons (Fsp3) is 0.182. The molecule has 0 fully saturated rings. The van der Waals surface area contributed by atoms with Gasteiger partial charge < -0.3 is 4.74 Å². The fourth-order valence-corrected chi connectivity index (χ4v) is 1.68. The number of alkyl halides is 1. The zero-order chi connectivity index (χ0) is 11.5. The zero-order valence-corrected chi connectivity index (χ0v) is 9.33. The molecule has 0 radical (unpaired) electrons. The minimum Gasteiger partial charge on any atom is -0.494 e. The molecule has 2 rings (SSSR count). The van der Waals surface area contributed by atoms with Crippen molar-refractivity contribution in [3.05, 3.63) is 47.5 Å². The Balaban J connectivity index is 2.31. The van der Waals surface area contributed by atoms with Crippen molar-refractivity contribution in [1.29, 1.82) is 0 Å². The van der Waals surface area contributed by atoms with Gasteiger partial charge in [0, 0.05) is 6.20 Å². The number of ether oxygens (including phenoxy) is 1. The molecular weight excluding hydrogens is 231 g/mol. The van der Waals surface area contributed by atoms with E-state index in [4.69, 9.17) is 16.3 Å². The molecule has 0 bridgehead atoms. The molecule has 1 aromatic carbocycles. The highest BCUT2D eigenvalue weighted by Gasteiger charge is 2.14. The molecule has 1 heterocycles. The molecule has 1 unspecified atom stereocenters. The zero-order valence-electron chi connectivity index (χ0n) is 8.58. The molecule has 3 nitrogen and oxygen atoms in total. The normalized spacial score (nSPS) is 12.4. The Morgan fingerprint density at radius 1 is 1.44 bits per heavy atom. The van der Waals surface area contributed by atoms with Crippen molar-refractivity contribution in [3.63, 3.8) is 0 Å². The maximum atomic E-state index is 13.4. The molecule has 5 heteroatoms. The highest BCUT2D eigenvalue weighted by Crippen LogP contribution is 2.29. The Morgan fingerprint density at radius 3 is 2.81 bits per heavy atom. The van der Waals surface area contributed by atoms with Crippen LogP contribution in [0.25, 0.3) is 0 Å². The average Bonchev–Trinajstić information content (AvgIpc) is 2.81. The van der Waals surface area contributed by atoms with Gasteiger partial charge in [-0.3, -0.25) is 5.10 Å². The number of aromatic nitrogens is 2. The fourth-order valence-electron chi connectivity index (χ4n) is 1.43. The minimum atomic E-state index is -0.442. The molecule has 0 saturated heterocycles. The molecule has 0 aliphatic carbocycles. The van der Waals surface area contributed by atoms with Crippen molar-refractivity contribution >= 4 is 11.6 Å². The number of rotatable bonds is 3. The third-order valence-electron chi connectivity index (χ3n) is 2.26. The summed E-state index contributed by atoms with van der Waals surface area (Å²) >= 11 is 6.16. The Hall–Kier alpha value is -1.55. The van der Waals surface area contributed by atoms with Gasteiger partial charge in [-0.1, -0.05) is 6.07 Å². The topological polar surface area (TPSA) is 37.9 Å². The van der Waals surface area contributed by atoms with Gasteiger partial charge >= 0.3 is 0 Å². The Bertz CT molecular complexity index is 473. The second kappa shape index (κ2) is 4.53. The standard InChI is InChI=1S/C11H10ClFN2O/c1-16-10-3-2-7(6-8(10)13)11(12)9-4-5-14-15-9/h2-6,11H,1H3,(H,14,15). The van der Waals surface area contributed by atoms with Crippen LogP contribution in [0.5, 0.6) is 5.75 Å². The van der Waals surface area contributed by atoms with E-state index in [-0.39, 0.29) is 5.75 Å². The molecular formula is C11H10ClFN2O. The van der Waals surface area contributed by atoms with Crippen LogP contribution in [0.2, 0.25) is 0 Å². The number of methoxy groups -OCH3 is 1. The highest BCUT2D eigenvalue weighted by atomic mass is 35.5. The molecule has 0 aliphatic heterocycles. The smallest absolute Gasteiger partial charge is 0.165 e. The summed E-state index contributed by atoms with van der Waals surface area (Å²) in [4.78, 5) is 0. The number of halogens is 2. The van der Waals surface area contributed by atoms with Crippen LogP contribution in [0.1, 0.15) is 16.6 Å².